The maximum absolute atomic E-state index is 12.9. The summed E-state index contributed by atoms with van der Waals surface area (Å²) in [6.45, 7) is 10.8. The molecule has 0 unspecified atom stereocenters. The standard InChI is InChI=1S/C27H43N5O2/c1-2-3-6-12-28-27(34)23-8-7-11-25(21-23)31-15-13-29(14-16-31)22-26(33)32-19-17-30(18-20-32)24-9-4-5-10-24/h7-8,11,21,24H,2-6,9-10,12-20,22H2,1H3,(H,28,34). The number of nitrogens with one attached hydrogen (secondary N) is 1. The van der Waals surface area contributed by atoms with Gasteiger partial charge in [0.15, 0.2) is 0 Å². The number of carbonyl (C=O) groups excluding carboxylic acids is 2. The molecule has 0 radical (unpaired) electrons. The van der Waals surface area contributed by atoms with Gasteiger partial charge in [-0.15, -0.1) is 0 Å². The van der Waals surface area contributed by atoms with Crippen molar-refractivity contribution in [2.24, 2.45) is 0 Å². The summed E-state index contributed by atoms with van der Waals surface area (Å²) in [6.07, 6.45) is 8.73. The average Bonchev–Trinajstić information content (AvgIpc) is 3.42. The van der Waals surface area contributed by atoms with Crippen LogP contribution in [0.5, 0.6) is 0 Å². The van der Waals surface area contributed by atoms with Crippen LogP contribution in [0.3, 0.4) is 0 Å². The second-order valence-electron chi connectivity index (χ2n) is 10.1. The molecule has 1 aromatic rings. The van der Waals surface area contributed by atoms with Crippen LogP contribution in [0.4, 0.5) is 5.69 Å². The molecule has 1 saturated carbocycles. The van der Waals surface area contributed by atoms with E-state index in [0.29, 0.717) is 6.54 Å². The molecule has 4 rings (SSSR count). The van der Waals surface area contributed by atoms with Crippen molar-refractivity contribution in [1.29, 1.82) is 0 Å². The van der Waals surface area contributed by atoms with E-state index >= 15 is 0 Å². The Kier molecular flexibility index (Phi) is 9.22. The van der Waals surface area contributed by atoms with E-state index in [4.69, 9.17) is 0 Å². The SMILES string of the molecule is CCCCCNC(=O)c1cccc(N2CCN(CC(=O)N3CCN(C4CCCC4)CC3)CC2)c1. The second kappa shape index (κ2) is 12.5. The van der Waals surface area contributed by atoms with Crippen molar-refractivity contribution < 1.29 is 9.59 Å². The highest BCUT2D eigenvalue weighted by Gasteiger charge is 2.29. The summed E-state index contributed by atoms with van der Waals surface area (Å²) in [6, 6.07) is 8.70. The minimum atomic E-state index is 0.00946. The second-order valence-corrected chi connectivity index (χ2v) is 10.1. The molecule has 0 spiro atoms. The first-order chi connectivity index (χ1) is 16.6. The smallest absolute Gasteiger partial charge is 0.251 e. The lowest BCUT2D eigenvalue weighted by Crippen LogP contribution is -2.55. The lowest BCUT2D eigenvalue weighted by molar-refractivity contribution is -0.134. The number of hydrogen-bond donors (Lipinski definition) is 1. The zero-order valence-corrected chi connectivity index (χ0v) is 21.0. The zero-order valence-electron chi connectivity index (χ0n) is 21.0. The number of carbonyl (C=O) groups is 2. The van der Waals surface area contributed by atoms with E-state index in [-0.39, 0.29) is 11.8 Å². The number of rotatable bonds is 9. The molecule has 3 aliphatic rings. The van der Waals surface area contributed by atoms with Gasteiger partial charge in [-0.25, -0.2) is 0 Å². The minimum Gasteiger partial charge on any atom is -0.369 e. The number of anilines is 1. The first-order valence-corrected chi connectivity index (χ1v) is 13.5. The zero-order chi connectivity index (χ0) is 23.8. The number of benzene rings is 1. The molecule has 0 bridgehead atoms. The van der Waals surface area contributed by atoms with Crippen LogP contribution in [0.2, 0.25) is 0 Å². The van der Waals surface area contributed by atoms with Crippen LogP contribution in [0.15, 0.2) is 24.3 Å². The normalized spacial score (nSPS) is 20.6. The number of nitrogens with zero attached hydrogens (tertiary/aromatic N) is 4. The van der Waals surface area contributed by atoms with Crippen LogP contribution in [0.1, 0.15) is 62.2 Å². The molecule has 2 heterocycles. The molecule has 7 heteroatoms. The van der Waals surface area contributed by atoms with Crippen LogP contribution in [-0.2, 0) is 4.79 Å². The molecular formula is C27H43N5O2. The van der Waals surface area contributed by atoms with Crippen LogP contribution < -0.4 is 10.2 Å². The lowest BCUT2D eigenvalue weighted by atomic mass is 10.1. The molecule has 3 fully saturated rings. The highest BCUT2D eigenvalue weighted by atomic mass is 16.2. The monoisotopic (exact) mass is 469 g/mol. The molecule has 1 aliphatic carbocycles. The molecule has 0 atom stereocenters. The quantitative estimate of drug-likeness (QED) is 0.564. The highest BCUT2D eigenvalue weighted by molar-refractivity contribution is 5.95. The first kappa shape index (κ1) is 25.0. The van der Waals surface area contributed by atoms with E-state index < -0.39 is 0 Å². The summed E-state index contributed by atoms with van der Waals surface area (Å²) in [5.41, 5.74) is 1.82. The Morgan fingerprint density at radius 2 is 1.68 bits per heavy atom. The summed E-state index contributed by atoms with van der Waals surface area (Å²) in [7, 11) is 0. The maximum atomic E-state index is 12.9. The van der Waals surface area contributed by atoms with Gasteiger partial charge in [0.05, 0.1) is 6.54 Å². The highest BCUT2D eigenvalue weighted by Crippen LogP contribution is 2.24. The van der Waals surface area contributed by atoms with Gasteiger partial charge in [0.1, 0.15) is 0 Å². The van der Waals surface area contributed by atoms with E-state index in [1.807, 2.05) is 18.2 Å². The Bertz CT molecular complexity index is 794. The molecule has 1 aromatic carbocycles. The van der Waals surface area contributed by atoms with Gasteiger partial charge in [0.2, 0.25) is 5.91 Å². The van der Waals surface area contributed by atoms with E-state index in [1.54, 1.807) is 0 Å². The summed E-state index contributed by atoms with van der Waals surface area (Å²) in [4.78, 5) is 34.7. The molecule has 2 aliphatic heterocycles. The molecule has 1 N–H and O–H groups in total. The number of hydrogen-bond acceptors (Lipinski definition) is 5. The Balaban J connectivity index is 1.19. The molecule has 7 nitrogen and oxygen atoms in total. The van der Waals surface area contributed by atoms with E-state index in [2.05, 4.69) is 37.9 Å². The molecule has 0 aromatic heterocycles. The Morgan fingerprint density at radius 3 is 2.38 bits per heavy atom. The molecule has 188 valence electrons. The van der Waals surface area contributed by atoms with Gasteiger partial charge >= 0.3 is 0 Å². The Labute approximate surface area is 205 Å². The van der Waals surface area contributed by atoms with Crippen LogP contribution in [0.25, 0.3) is 0 Å². The average molecular weight is 470 g/mol. The molecule has 2 amide bonds. The van der Waals surface area contributed by atoms with Crippen molar-refractivity contribution in [2.75, 3.05) is 70.3 Å². The van der Waals surface area contributed by atoms with Gasteiger partial charge in [-0.2, -0.15) is 0 Å². The summed E-state index contributed by atoms with van der Waals surface area (Å²) in [5, 5.41) is 3.03. The molecule has 2 saturated heterocycles. The van der Waals surface area contributed by atoms with Crippen LogP contribution in [0, 0.1) is 0 Å². The number of unbranched alkanes of at least 4 members (excludes halogenated alkanes) is 2. The van der Waals surface area contributed by atoms with Crippen molar-refractivity contribution in [3.63, 3.8) is 0 Å². The van der Waals surface area contributed by atoms with Gasteiger partial charge in [0.25, 0.3) is 5.91 Å². The van der Waals surface area contributed by atoms with Gasteiger partial charge in [-0.3, -0.25) is 19.4 Å². The number of amides is 2. The van der Waals surface area contributed by atoms with E-state index in [9.17, 15) is 9.59 Å². The van der Waals surface area contributed by atoms with Crippen molar-refractivity contribution in [3.8, 4) is 0 Å². The van der Waals surface area contributed by atoms with Crippen molar-refractivity contribution >= 4 is 17.5 Å². The van der Waals surface area contributed by atoms with Gasteiger partial charge in [-0.05, 0) is 37.5 Å². The fraction of sp³-hybridized carbons (Fsp3) is 0.704. The Morgan fingerprint density at radius 1 is 0.941 bits per heavy atom. The summed E-state index contributed by atoms with van der Waals surface area (Å²) < 4.78 is 0. The fourth-order valence-electron chi connectivity index (χ4n) is 5.58. The van der Waals surface area contributed by atoms with Crippen molar-refractivity contribution in [3.05, 3.63) is 29.8 Å². The Hall–Kier alpha value is -2.12. The summed E-state index contributed by atoms with van der Waals surface area (Å²) in [5.74, 6) is 0.288. The van der Waals surface area contributed by atoms with Crippen LogP contribution in [-0.4, -0.2) is 98.0 Å². The van der Waals surface area contributed by atoms with E-state index in [0.717, 1.165) is 95.5 Å². The topological polar surface area (TPSA) is 59.1 Å². The van der Waals surface area contributed by atoms with Gasteiger partial charge in [0, 0.05) is 76.2 Å². The predicted molar refractivity (Wildman–Crippen MR) is 137 cm³/mol. The van der Waals surface area contributed by atoms with Gasteiger partial charge in [-0.1, -0.05) is 38.7 Å². The first-order valence-electron chi connectivity index (χ1n) is 13.5. The fourth-order valence-corrected chi connectivity index (χ4v) is 5.58. The third-order valence-electron chi connectivity index (χ3n) is 7.78. The third kappa shape index (κ3) is 6.72. The maximum Gasteiger partial charge on any atom is 0.251 e. The predicted octanol–water partition coefficient (Wildman–Crippen LogP) is 2.82. The molecular weight excluding hydrogens is 426 g/mol. The lowest BCUT2D eigenvalue weighted by Gasteiger charge is -2.40. The molecule has 34 heavy (non-hydrogen) atoms. The number of piperazine rings is 2. The largest absolute Gasteiger partial charge is 0.369 e. The van der Waals surface area contributed by atoms with Crippen LogP contribution >= 0.6 is 0 Å². The van der Waals surface area contributed by atoms with Gasteiger partial charge < -0.3 is 15.1 Å². The summed E-state index contributed by atoms with van der Waals surface area (Å²) >= 11 is 0. The van der Waals surface area contributed by atoms with E-state index in [1.165, 1.54) is 25.7 Å². The third-order valence-corrected chi connectivity index (χ3v) is 7.78. The van der Waals surface area contributed by atoms with Crippen molar-refractivity contribution in [1.82, 2.24) is 20.0 Å². The van der Waals surface area contributed by atoms with Crippen molar-refractivity contribution in [2.45, 2.75) is 57.9 Å². The minimum absolute atomic E-state index is 0.00946.